The number of benzene rings is 2. The number of nitrogens with one attached hydrogen (secondary N) is 1. The van der Waals surface area contributed by atoms with Crippen LogP contribution >= 0.6 is 0 Å². The third-order valence-electron chi connectivity index (χ3n) is 3.86. The Morgan fingerprint density at radius 1 is 0.885 bits per heavy atom. The number of nitrogens with zero attached hydrogens (tertiary/aromatic N) is 2. The van der Waals surface area contributed by atoms with Crippen molar-refractivity contribution in [3.63, 3.8) is 0 Å². The van der Waals surface area contributed by atoms with Crippen LogP contribution in [-0.2, 0) is 14.1 Å². The minimum absolute atomic E-state index is 0.132. The van der Waals surface area contributed by atoms with E-state index in [0.29, 0.717) is 17.1 Å². The maximum Gasteiger partial charge on any atom is 0.332 e. The van der Waals surface area contributed by atoms with Crippen LogP contribution in [0.3, 0.4) is 0 Å². The number of hydrogen-bond donors (Lipinski definition) is 1. The summed E-state index contributed by atoms with van der Waals surface area (Å²) >= 11 is 0. The third kappa shape index (κ3) is 3.56. The fraction of sp³-hybridized carbons (Fsp3) is 0.105. The quantitative estimate of drug-likeness (QED) is 0.781. The summed E-state index contributed by atoms with van der Waals surface area (Å²) in [6.45, 7) is 0. The average molecular weight is 351 g/mol. The fourth-order valence-corrected chi connectivity index (χ4v) is 2.34. The standard InChI is InChI=1S/C19H17N3O4/c1-21-16(12-17(23)22(2)19(21)25)20-18(24)13-8-10-15(11-9-13)26-14-6-4-3-5-7-14/h3-12H,1-2H3,(H,20,24). The molecule has 3 aromatic rings. The van der Waals surface area contributed by atoms with Gasteiger partial charge in [0.15, 0.2) is 0 Å². The second kappa shape index (κ2) is 7.10. The first kappa shape index (κ1) is 17.2. The van der Waals surface area contributed by atoms with Crippen molar-refractivity contribution in [3.05, 3.63) is 87.1 Å². The summed E-state index contributed by atoms with van der Waals surface area (Å²) in [6, 6.07) is 17.0. The first-order chi connectivity index (χ1) is 12.5. The molecule has 0 bridgehead atoms. The van der Waals surface area contributed by atoms with E-state index in [0.717, 1.165) is 4.57 Å². The molecule has 1 N–H and O–H groups in total. The molecule has 0 spiro atoms. The van der Waals surface area contributed by atoms with E-state index < -0.39 is 17.2 Å². The zero-order chi connectivity index (χ0) is 18.7. The number of ether oxygens (including phenoxy) is 1. The maximum atomic E-state index is 12.4. The fourth-order valence-electron chi connectivity index (χ4n) is 2.34. The molecule has 0 atom stereocenters. The lowest BCUT2D eigenvalue weighted by atomic mass is 10.2. The highest BCUT2D eigenvalue weighted by Gasteiger charge is 2.11. The minimum Gasteiger partial charge on any atom is -0.457 e. The molecule has 3 rings (SSSR count). The Kier molecular flexibility index (Phi) is 4.70. The summed E-state index contributed by atoms with van der Waals surface area (Å²) in [5, 5.41) is 2.57. The molecule has 0 aliphatic heterocycles. The second-order valence-corrected chi connectivity index (χ2v) is 5.66. The highest BCUT2D eigenvalue weighted by Crippen LogP contribution is 2.21. The monoisotopic (exact) mass is 351 g/mol. The summed E-state index contributed by atoms with van der Waals surface area (Å²) in [5.74, 6) is 0.987. The summed E-state index contributed by atoms with van der Waals surface area (Å²) in [5.41, 5.74) is -0.632. The summed E-state index contributed by atoms with van der Waals surface area (Å²) < 4.78 is 7.84. The molecule has 0 fully saturated rings. The van der Waals surface area contributed by atoms with Crippen LogP contribution in [-0.4, -0.2) is 15.0 Å². The van der Waals surface area contributed by atoms with Gasteiger partial charge in [-0.3, -0.25) is 18.7 Å². The van der Waals surface area contributed by atoms with Gasteiger partial charge < -0.3 is 10.1 Å². The molecule has 7 heteroatoms. The van der Waals surface area contributed by atoms with Gasteiger partial charge in [0.25, 0.3) is 11.5 Å². The average Bonchev–Trinajstić information content (AvgIpc) is 2.65. The zero-order valence-electron chi connectivity index (χ0n) is 14.3. The Morgan fingerprint density at radius 2 is 1.50 bits per heavy atom. The van der Waals surface area contributed by atoms with Gasteiger partial charge in [-0.05, 0) is 36.4 Å². The maximum absolute atomic E-state index is 12.4. The number of carbonyl (C=O) groups excluding carboxylic acids is 1. The minimum atomic E-state index is -0.514. The molecule has 7 nitrogen and oxygen atoms in total. The van der Waals surface area contributed by atoms with Crippen LogP contribution in [0.2, 0.25) is 0 Å². The zero-order valence-corrected chi connectivity index (χ0v) is 14.3. The van der Waals surface area contributed by atoms with E-state index in [1.165, 1.54) is 24.7 Å². The number of aromatic nitrogens is 2. The highest BCUT2D eigenvalue weighted by molar-refractivity contribution is 6.03. The van der Waals surface area contributed by atoms with Crippen LogP contribution in [0, 0.1) is 0 Å². The molecule has 26 heavy (non-hydrogen) atoms. The largest absolute Gasteiger partial charge is 0.457 e. The van der Waals surface area contributed by atoms with E-state index in [2.05, 4.69) is 5.32 Å². The topological polar surface area (TPSA) is 82.3 Å². The molecule has 1 aromatic heterocycles. The number of carbonyl (C=O) groups is 1. The Hall–Kier alpha value is -3.61. The van der Waals surface area contributed by atoms with E-state index in [9.17, 15) is 14.4 Å². The first-order valence-electron chi connectivity index (χ1n) is 7.87. The predicted octanol–water partition coefficient (Wildman–Crippen LogP) is 2.13. The molecule has 2 aromatic carbocycles. The smallest absolute Gasteiger partial charge is 0.332 e. The van der Waals surface area contributed by atoms with Crippen molar-refractivity contribution in [1.82, 2.24) is 9.13 Å². The molecule has 0 unspecified atom stereocenters. The van der Waals surface area contributed by atoms with E-state index in [-0.39, 0.29) is 5.82 Å². The molecular formula is C19H17N3O4. The van der Waals surface area contributed by atoms with Gasteiger partial charge in [-0.25, -0.2) is 4.79 Å². The summed E-state index contributed by atoms with van der Waals surface area (Å²) in [7, 11) is 2.86. The third-order valence-corrected chi connectivity index (χ3v) is 3.86. The number of anilines is 1. The molecule has 0 aliphatic carbocycles. The van der Waals surface area contributed by atoms with Crippen LogP contribution in [0.1, 0.15) is 10.4 Å². The Labute approximate surface area is 149 Å². The van der Waals surface area contributed by atoms with Gasteiger partial charge in [-0.1, -0.05) is 18.2 Å². The van der Waals surface area contributed by atoms with Gasteiger partial charge in [0.2, 0.25) is 0 Å². The van der Waals surface area contributed by atoms with E-state index in [4.69, 9.17) is 4.74 Å². The summed E-state index contributed by atoms with van der Waals surface area (Å²) in [6.07, 6.45) is 0. The van der Waals surface area contributed by atoms with Crippen molar-refractivity contribution >= 4 is 11.7 Å². The van der Waals surface area contributed by atoms with Gasteiger partial charge >= 0.3 is 5.69 Å². The van der Waals surface area contributed by atoms with Crippen LogP contribution < -0.4 is 21.3 Å². The molecular weight excluding hydrogens is 334 g/mol. The van der Waals surface area contributed by atoms with Crippen molar-refractivity contribution in [1.29, 1.82) is 0 Å². The van der Waals surface area contributed by atoms with E-state index in [1.54, 1.807) is 24.3 Å². The molecule has 0 aliphatic rings. The molecule has 0 saturated heterocycles. The highest BCUT2D eigenvalue weighted by atomic mass is 16.5. The Bertz CT molecular complexity index is 1050. The normalized spacial score (nSPS) is 10.4. The van der Waals surface area contributed by atoms with Gasteiger partial charge in [0.05, 0.1) is 0 Å². The van der Waals surface area contributed by atoms with Gasteiger partial charge in [-0.2, -0.15) is 0 Å². The van der Waals surface area contributed by atoms with Crippen molar-refractivity contribution in [2.75, 3.05) is 5.32 Å². The molecule has 1 heterocycles. The summed E-state index contributed by atoms with van der Waals surface area (Å²) in [4.78, 5) is 36.0. The van der Waals surface area contributed by atoms with Crippen molar-refractivity contribution in [2.45, 2.75) is 0 Å². The lowest BCUT2D eigenvalue weighted by molar-refractivity contribution is 0.102. The van der Waals surface area contributed by atoms with E-state index >= 15 is 0 Å². The molecule has 0 radical (unpaired) electrons. The van der Waals surface area contributed by atoms with Crippen LogP contribution in [0.15, 0.2) is 70.3 Å². The Balaban J connectivity index is 1.77. The second-order valence-electron chi connectivity index (χ2n) is 5.66. The van der Waals surface area contributed by atoms with Crippen molar-refractivity contribution in [2.24, 2.45) is 14.1 Å². The Morgan fingerprint density at radius 3 is 2.15 bits per heavy atom. The SMILES string of the molecule is Cn1c(NC(=O)c2ccc(Oc3ccccc3)cc2)cc(=O)n(C)c1=O. The van der Waals surface area contributed by atoms with Gasteiger partial charge in [0, 0.05) is 25.7 Å². The predicted molar refractivity (Wildman–Crippen MR) is 97.8 cm³/mol. The van der Waals surface area contributed by atoms with Crippen LogP contribution in [0.4, 0.5) is 5.82 Å². The van der Waals surface area contributed by atoms with Gasteiger partial charge in [-0.15, -0.1) is 0 Å². The number of para-hydroxylation sites is 1. The lowest BCUT2D eigenvalue weighted by Crippen LogP contribution is -2.38. The molecule has 1 amide bonds. The number of amides is 1. The van der Waals surface area contributed by atoms with Crippen molar-refractivity contribution in [3.8, 4) is 11.5 Å². The van der Waals surface area contributed by atoms with Crippen molar-refractivity contribution < 1.29 is 9.53 Å². The van der Waals surface area contributed by atoms with Crippen LogP contribution in [0.5, 0.6) is 11.5 Å². The van der Waals surface area contributed by atoms with Gasteiger partial charge in [0.1, 0.15) is 17.3 Å². The number of rotatable bonds is 4. The molecule has 0 saturated carbocycles. The molecule has 132 valence electrons. The lowest BCUT2D eigenvalue weighted by Gasteiger charge is -2.11. The number of hydrogen-bond acceptors (Lipinski definition) is 4. The van der Waals surface area contributed by atoms with E-state index in [1.807, 2.05) is 30.3 Å². The van der Waals surface area contributed by atoms with Crippen LogP contribution in [0.25, 0.3) is 0 Å². The first-order valence-corrected chi connectivity index (χ1v) is 7.87.